The lowest BCUT2D eigenvalue weighted by atomic mass is 9.77. The molecule has 0 aliphatic carbocycles. The number of halogens is 3. The summed E-state index contributed by atoms with van der Waals surface area (Å²) in [6.07, 6.45) is -5.08. The largest absolute Gasteiger partial charge is 0.490 e. The van der Waals surface area contributed by atoms with Crippen LogP contribution in [0.4, 0.5) is 13.2 Å². The minimum absolute atomic E-state index is 0.114. The number of rotatable bonds is 4. The molecule has 172 valence electrons. The van der Waals surface area contributed by atoms with Gasteiger partial charge in [-0.15, -0.1) is 0 Å². The molecule has 1 aliphatic heterocycles. The quantitative estimate of drug-likeness (QED) is 0.656. The van der Waals surface area contributed by atoms with E-state index < -0.39 is 24.2 Å². The Kier molecular flexibility index (Phi) is 7.63. The maximum absolute atomic E-state index is 12.1. The van der Waals surface area contributed by atoms with Gasteiger partial charge in [-0.1, -0.05) is 42.5 Å². The zero-order valence-electron chi connectivity index (χ0n) is 17.3. The maximum Gasteiger partial charge on any atom is 0.490 e. The van der Waals surface area contributed by atoms with Crippen LogP contribution in [0.1, 0.15) is 38.9 Å². The van der Waals surface area contributed by atoms with Crippen molar-refractivity contribution >= 4 is 17.8 Å². The average molecular weight is 452 g/mol. The summed E-state index contributed by atoms with van der Waals surface area (Å²) in [5.41, 5.74) is 8.70. The van der Waals surface area contributed by atoms with Crippen LogP contribution in [0, 0.1) is 6.92 Å². The predicted octanol–water partition coefficient (Wildman–Crippen LogP) is 2.99. The molecule has 0 aromatic heterocycles. The fraction of sp³-hybridized carbons (Fsp3) is 0.318. The third-order valence-corrected chi connectivity index (χ3v) is 5.38. The van der Waals surface area contributed by atoms with Crippen LogP contribution >= 0.6 is 0 Å². The van der Waals surface area contributed by atoms with Gasteiger partial charge in [0, 0.05) is 18.4 Å². The number of primary amides is 1. The molecule has 1 saturated heterocycles. The zero-order chi connectivity index (χ0) is 24.2. The van der Waals surface area contributed by atoms with E-state index in [4.69, 9.17) is 15.6 Å². The minimum Gasteiger partial charge on any atom is -0.478 e. The van der Waals surface area contributed by atoms with Crippen molar-refractivity contribution in [2.45, 2.75) is 31.0 Å². The van der Waals surface area contributed by atoms with Gasteiger partial charge in [-0.05, 0) is 36.7 Å². The highest BCUT2D eigenvalue weighted by Gasteiger charge is 2.45. The van der Waals surface area contributed by atoms with Gasteiger partial charge < -0.3 is 15.9 Å². The van der Waals surface area contributed by atoms with Gasteiger partial charge in [0.1, 0.15) is 0 Å². The molecular formula is C22H23F3N2O5. The normalized spacial score (nSPS) is 20.8. The van der Waals surface area contributed by atoms with Crippen LogP contribution in [0.2, 0.25) is 0 Å². The Morgan fingerprint density at radius 1 is 1.03 bits per heavy atom. The van der Waals surface area contributed by atoms with E-state index in [9.17, 15) is 27.9 Å². The minimum atomic E-state index is -5.08. The Balaban J connectivity index is 0.000000451. The molecule has 2 aromatic carbocycles. The smallest absolute Gasteiger partial charge is 0.478 e. The molecule has 1 heterocycles. The number of hydrogen-bond donors (Lipinski definition) is 3. The molecule has 1 unspecified atom stereocenters. The molecule has 3 atom stereocenters. The first-order valence-electron chi connectivity index (χ1n) is 9.53. The third kappa shape index (κ3) is 5.44. The predicted molar refractivity (Wildman–Crippen MR) is 109 cm³/mol. The van der Waals surface area contributed by atoms with Gasteiger partial charge in [0.2, 0.25) is 5.91 Å². The molecule has 32 heavy (non-hydrogen) atoms. The fourth-order valence-corrected chi connectivity index (χ4v) is 4.15. The number of carbonyl (C=O) groups is 3. The number of likely N-dealkylation sites (N-methyl/N-ethyl adjacent to an activating group) is 1. The first-order valence-corrected chi connectivity index (χ1v) is 9.53. The van der Waals surface area contributed by atoms with Crippen LogP contribution in [-0.4, -0.2) is 58.8 Å². The number of aromatic carboxylic acids is 1. The molecule has 0 saturated carbocycles. The van der Waals surface area contributed by atoms with Gasteiger partial charge in [-0.2, -0.15) is 13.2 Å². The highest BCUT2D eigenvalue weighted by molar-refractivity contribution is 5.90. The number of carboxylic acids is 2. The highest BCUT2D eigenvalue weighted by atomic mass is 19.4. The maximum atomic E-state index is 12.1. The lowest BCUT2D eigenvalue weighted by Gasteiger charge is -2.26. The van der Waals surface area contributed by atoms with E-state index in [1.54, 1.807) is 12.1 Å². The molecule has 2 aromatic rings. The Morgan fingerprint density at radius 2 is 1.59 bits per heavy atom. The van der Waals surface area contributed by atoms with Gasteiger partial charge in [0.05, 0.1) is 11.6 Å². The first kappa shape index (κ1) is 24.9. The van der Waals surface area contributed by atoms with Gasteiger partial charge in [-0.25, -0.2) is 9.59 Å². The third-order valence-electron chi connectivity index (χ3n) is 5.38. The molecule has 1 aliphatic rings. The summed E-state index contributed by atoms with van der Waals surface area (Å²) in [7, 11) is 1.87. The summed E-state index contributed by atoms with van der Waals surface area (Å²) in [5, 5.41) is 16.8. The summed E-state index contributed by atoms with van der Waals surface area (Å²) in [6, 6.07) is 14.6. The summed E-state index contributed by atoms with van der Waals surface area (Å²) < 4.78 is 31.7. The van der Waals surface area contributed by atoms with E-state index in [-0.39, 0.29) is 17.7 Å². The van der Waals surface area contributed by atoms with Crippen molar-refractivity contribution < 1.29 is 37.8 Å². The Hall–Kier alpha value is -3.40. The average Bonchev–Trinajstić information content (AvgIpc) is 3.05. The second kappa shape index (κ2) is 9.82. The Bertz CT molecular complexity index is 995. The van der Waals surface area contributed by atoms with Crippen molar-refractivity contribution in [2.24, 2.45) is 5.73 Å². The van der Waals surface area contributed by atoms with Crippen molar-refractivity contribution in [3.63, 3.8) is 0 Å². The fourth-order valence-electron chi connectivity index (χ4n) is 4.15. The van der Waals surface area contributed by atoms with Gasteiger partial charge in [0.25, 0.3) is 0 Å². The lowest BCUT2D eigenvalue weighted by molar-refractivity contribution is -0.192. The molecule has 3 rings (SSSR count). The van der Waals surface area contributed by atoms with E-state index in [0.29, 0.717) is 12.1 Å². The van der Waals surface area contributed by atoms with Crippen molar-refractivity contribution in [1.29, 1.82) is 0 Å². The number of nitrogens with zero attached hydrogens (tertiary/aromatic N) is 1. The van der Waals surface area contributed by atoms with Crippen LogP contribution in [0.15, 0.2) is 48.5 Å². The summed E-state index contributed by atoms with van der Waals surface area (Å²) in [4.78, 5) is 34.7. The van der Waals surface area contributed by atoms with E-state index in [1.807, 2.05) is 55.3 Å². The summed E-state index contributed by atoms with van der Waals surface area (Å²) in [5.74, 6) is -4.38. The number of nitrogens with two attached hydrogens (primary N) is 1. The highest BCUT2D eigenvalue weighted by Crippen LogP contribution is 2.45. The monoisotopic (exact) mass is 452 g/mol. The Labute approximate surface area is 182 Å². The van der Waals surface area contributed by atoms with E-state index in [2.05, 4.69) is 0 Å². The number of likely N-dealkylation sites (tertiary alicyclic amines) is 1. The molecule has 4 N–H and O–H groups in total. The number of aliphatic carboxylic acids is 1. The molecule has 0 radical (unpaired) electrons. The molecule has 10 heteroatoms. The number of alkyl halides is 3. The number of carbonyl (C=O) groups excluding carboxylic acids is 1. The van der Waals surface area contributed by atoms with E-state index in [1.165, 1.54) is 0 Å². The molecule has 0 spiro atoms. The van der Waals surface area contributed by atoms with E-state index in [0.717, 1.165) is 16.7 Å². The lowest BCUT2D eigenvalue weighted by Crippen LogP contribution is -2.41. The second-order valence-electron chi connectivity index (χ2n) is 7.47. The van der Waals surface area contributed by atoms with E-state index >= 15 is 0 Å². The van der Waals surface area contributed by atoms with Gasteiger partial charge in [-0.3, -0.25) is 9.69 Å². The van der Waals surface area contributed by atoms with Gasteiger partial charge >= 0.3 is 18.1 Å². The van der Waals surface area contributed by atoms with Crippen LogP contribution in [0.25, 0.3) is 0 Å². The van der Waals surface area contributed by atoms with Crippen molar-refractivity contribution in [2.75, 3.05) is 13.6 Å². The number of hydrogen-bond acceptors (Lipinski definition) is 4. The molecule has 7 nitrogen and oxygen atoms in total. The molecular weight excluding hydrogens is 429 g/mol. The van der Waals surface area contributed by atoms with Crippen LogP contribution in [0.3, 0.4) is 0 Å². The van der Waals surface area contributed by atoms with Gasteiger partial charge in [0.15, 0.2) is 0 Å². The topological polar surface area (TPSA) is 121 Å². The summed E-state index contributed by atoms with van der Waals surface area (Å²) in [6.45, 7) is 2.50. The number of carboxylic acid groups (broad SMARTS) is 2. The zero-order valence-corrected chi connectivity index (χ0v) is 17.3. The molecule has 0 bridgehead atoms. The van der Waals surface area contributed by atoms with Crippen LogP contribution < -0.4 is 5.73 Å². The first-order chi connectivity index (χ1) is 14.9. The number of aryl methyl sites for hydroxylation is 1. The number of benzene rings is 2. The van der Waals surface area contributed by atoms with Crippen LogP contribution in [0.5, 0.6) is 0 Å². The van der Waals surface area contributed by atoms with Crippen LogP contribution in [-0.2, 0) is 9.59 Å². The molecule has 1 amide bonds. The van der Waals surface area contributed by atoms with Crippen molar-refractivity contribution in [3.05, 3.63) is 70.8 Å². The SMILES string of the molecule is Cc1cccc(C(=O)O)c1C1CN(C)[C@H](C(N)=O)[C@@H]1c1ccccc1.O=C(O)C(F)(F)F. The second-order valence-corrected chi connectivity index (χ2v) is 7.47. The van der Waals surface area contributed by atoms with Crippen molar-refractivity contribution in [1.82, 2.24) is 4.90 Å². The Morgan fingerprint density at radius 3 is 2.06 bits per heavy atom. The molecule has 1 fully saturated rings. The standard InChI is InChI=1S/C20H22N2O3.C2HF3O2/c1-12-7-6-10-14(20(24)25)16(12)15-11-22(2)18(19(21)23)17(15)13-8-4-3-5-9-13;3-2(4,5)1(6)7/h3-10,15,17-18H,11H2,1-2H3,(H2,21,23)(H,24,25);(H,6,7)/t15?,17-,18+;/m1./s1. The van der Waals surface area contributed by atoms with Crippen molar-refractivity contribution in [3.8, 4) is 0 Å². The number of amides is 1. The summed E-state index contributed by atoms with van der Waals surface area (Å²) >= 11 is 0.